The van der Waals surface area contributed by atoms with Crippen molar-refractivity contribution in [1.82, 2.24) is 4.57 Å². The number of halogens is 1. The van der Waals surface area contributed by atoms with E-state index < -0.39 is 15.8 Å². The highest BCUT2D eigenvalue weighted by Crippen LogP contribution is 2.27. The highest BCUT2D eigenvalue weighted by Gasteiger charge is 2.28. The Bertz CT molecular complexity index is 549. The van der Waals surface area contributed by atoms with Crippen molar-refractivity contribution < 1.29 is 18.3 Å². The van der Waals surface area contributed by atoms with Crippen LogP contribution in [0.5, 0.6) is 0 Å². The molecule has 2 heterocycles. The molecule has 0 radical (unpaired) electrons. The van der Waals surface area contributed by atoms with Crippen molar-refractivity contribution in [3.8, 4) is 0 Å². The molecule has 94 valence electrons. The quantitative estimate of drug-likeness (QED) is 0.891. The number of carboxylic acid groups (broad SMARTS) is 1. The molecule has 1 aliphatic rings. The monoisotopic (exact) mass is 277 g/mol. The fourth-order valence-electron chi connectivity index (χ4n) is 2.14. The summed E-state index contributed by atoms with van der Waals surface area (Å²) in [5.41, 5.74) is 0.0390. The Morgan fingerprint density at radius 1 is 1.53 bits per heavy atom. The van der Waals surface area contributed by atoms with E-state index in [4.69, 9.17) is 16.7 Å². The third-order valence-corrected chi connectivity index (χ3v) is 4.88. The highest BCUT2D eigenvalue weighted by atomic mass is 35.5. The van der Waals surface area contributed by atoms with Crippen LogP contribution in [0.25, 0.3) is 0 Å². The zero-order valence-electron chi connectivity index (χ0n) is 8.97. The molecule has 17 heavy (non-hydrogen) atoms. The summed E-state index contributed by atoms with van der Waals surface area (Å²) in [5, 5.41) is 9.32. The summed E-state index contributed by atoms with van der Waals surface area (Å²) in [6, 6.07) is 1.01. The highest BCUT2D eigenvalue weighted by molar-refractivity contribution is 7.91. The van der Waals surface area contributed by atoms with E-state index in [1.165, 1.54) is 16.8 Å². The lowest BCUT2D eigenvalue weighted by atomic mass is 10.2. The lowest BCUT2D eigenvalue weighted by Gasteiger charge is -2.24. The van der Waals surface area contributed by atoms with Crippen LogP contribution in [-0.4, -0.2) is 35.6 Å². The summed E-state index contributed by atoms with van der Waals surface area (Å²) < 4.78 is 24.5. The van der Waals surface area contributed by atoms with E-state index in [1.807, 2.05) is 0 Å². The van der Waals surface area contributed by atoms with Crippen molar-refractivity contribution >= 4 is 27.4 Å². The number of carbonyl (C=O) groups is 1. The molecule has 0 amide bonds. The fraction of sp³-hybridized carbons (Fsp3) is 0.500. The first kappa shape index (κ1) is 12.4. The summed E-state index contributed by atoms with van der Waals surface area (Å²) in [6.45, 7) is 0. The van der Waals surface area contributed by atoms with E-state index in [2.05, 4.69) is 0 Å². The zero-order valence-corrected chi connectivity index (χ0v) is 10.5. The molecule has 0 saturated carbocycles. The van der Waals surface area contributed by atoms with Crippen LogP contribution in [0.15, 0.2) is 12.3 Å². The third-order valence-electron chi connectivity index (χ3n) is 2.87. The van der Waals surface area contributed by atoms with Gasteiger partial charge in [0.2, 0.25) is 0 Å². The van der Waals surface area contributed by atoms with E-state index in [-0.39, 0.29) is 23.2 Å². The van der Waals surface area contributed by atoms with Gasteiger partial charge >= 0.3 is 5.97 Å². The third kappa shape index (κ3) is 2.63. The Hall–Kier alpha value is -1.01. The molecule has 1 N–H and O–H groups in total. The van der Waals surface area contributed by atoms with E-state index in [0.29, 0.717) is 17.9 Å². The summed E-state index contributed by atoms with van der Waals surface area (Å²) >= 11 is 5.77. The van der Waals surface area contributed by atoms with Gasteiger partial charge < -0.3 is 9.67 Å². The van der Waals surface area contributed by atoms with Gasteiger partial charge in [0.05, 0.1) is 16.5 Å². The molecule has 1 aromatic heterocycles. The second-order valence-corrected chi connectivity index (χ2v) is 6.83. The normalized spacial score (nSPS) is 23.5. The van der Waals surface area contributed by atoms with Crippen molar-refractivity contribution in [3.05, 3.63) is 23.0 Å². The predicted octanol–water partition coefficient (Wildman–Crippen LogP) is 1.59. The van der Waals surface area contributed by atoms with Crippen molar-refractivity contribution in [3.63, 3.8) is 0 Å². The maximum atomic E-state index is 11.5. The molecule has 7 heteroatoms. The Morgan fingerprint density at radius 2 is 2.24 bits per heavy atom. The van der Waals surface area contributed by atoms with Crippen LogP contribution in [0.3, 0.4) is 0 Å². The minimum atomic E-state index is -3.07. The van der Waals surface area contributed by atoms with Gasteiger partial charge in [0.15, 0.2) is 9.84 Å². The number of hydrogen-bond donors (Lipinski definition) is 1. The fourth-order valence-corrected chi connectivity index (χ4v) is 4.03. The molecule has 1 aromatic rings. The first-order chi connectivity index (χ1) is 7.89. The van der Waals surface area contributed by atoms with E-state index >= 15 is 0 Å². The topological polar surface area (TPSA) is 76.4 Å². The number of aromatic nitrogens is 1. The standard InChI is InChI=1S/C10H12ClNO4S/c11-7-4-9(10(13)14)12(5-7)8-2-1-3-17(15,16)6-8/h4-5,8H,1-3,6H2,(H,13,14). The average molecular weight is 278 g/mol. The second-order valence-electron chi connectivity index (χ2n) is 4.17. The minimum absolute atomic E-state index is 0.0156. The molecule has 1 atom stereocenters. The minimum Gasteiger partial charge on any atom is -0.477 e. The van der Waals surface area contributed by atoms with Crippen molar-refractivity contribution in [2.75, 3.05) is 11.5 Å². The zero-order chi connectivity index (χ0) is 12.6. The Kier molecular flexibility index (Phi) is 3.18. The first-order valence-corrected chi connectivity index (χ1v) is 7.40. The Balaban J connectivity index is 2.37. The number of sulfone groups is 1. The molecule has 1 saturated heterocycles. The lowest BCUT2D eigenvalue weighted by Crippen LogP contribution is -2.28. The molecule has 0 aliphatic carbocycles. The summed E-state index contributed by atoms with van der Waals surface area (Å²) in [5.74, 6) is -0.931. The molecule has 0 aromatic carbocycles. The van der Waals surface area contributed by atoms with Crippen LogP contribution in [-0.2, 0) is 9.84 Å². The number of aromatic carboxylic acids is 1. The predicted molar refractivity (Wildman–Crippen MR) is 63.3 cm³/mol. The van der Waals surface area contributed by atoms with Crippen LogP contribution in [0.2, 0.25) is 5.02 Å². The van der Waals surface area contributed by atoms with Gasteiger partial charge in [0, 0.05) is 12.2 Å². The molecule has 1 fully saturated rings. The van der Waals surface area contributed by atoms with Gasteiger partial charge in [-0.1, -0.05) is 11.6 Å². The molecular weight excluding hydrogens is 266 g/mol. The second kappa shape index (κ2) is 4.34. The van der Waals surface area contributed by atoms with E-state index in [9.17, 15) is 13.2 Å². The van der Waals surface area contributed by atoms with Crippen LogP contribution in [0.1, 0.15) is 29.4 Å². The van der Waals surface area contributed by atoms with Crippen LogP contribution in [0, 0.1) is 0 Å². The summed E-state index contributed by atoms with van der Waals surface area (Å²) in [4.78, 5) is 11.0. The van der Waals surface area contributed by atoms with Crippen LogP contribution >= 0.6 is 11.6 Å². The van der Waals surface area contributed by atoms with Gasteiger partial charge in [0.1, 0.15) is 5.69 Å². The maximum absolute atomic E-state index is 11.5. The smallest absolute Gasteiger partial charge is 0.352 e. The molecule has 0 spiro atoms. The summed E-state index contributed by atoms with van der Waals surface area (Å²) in [7, 11) is -3.07. The number of nitrogens with zero attached hydrogens (tertiary/aromatic N) is 1. The molecule has 1 unspecified atom stereocenters. The number of carboxylic acids is 1. The van der Waals surface area contributed by atoms with E-state index in [0.717, 1.165) is 0 Å². The molecule has 0 bridgehead atoms. The Labute approximate surface area is 104 Å². The Morgan fingerprint density at radius 3 is 2.82 bits per heavy atom. The van der Waals surface area contributed by atoms with Gasteiger partial charge in [0.25, 0.3) is 0 Å². The van der Waals surface area contributed by atoms with Gasteiger partial charge in [-0.15, -0.1) is 0 Å². The molecule has 1 aliphatic heterocycles. The number of rotatable bonds is 2. The van der Waals surface area contributed by atoms with Gasteiger partial charge in [-0.3, -0.25) is 0 Å². The summed E-state index contributed by atoms with van der Waals surface area (Å²) in [6.07, 6.45) is 2.70. The average Bonchev–Trinajstić information content (AvgIpc) is 2.59. The van der Waals surface area contributed by atoms with Crippen LogP contribution < -0.4 is 0 Å². The lowest BCUT2D eigenvalue weighted by molar-refractivity contribution is 0.0682. The first-order valence-electron chi connectivity index (χ1n) is 5.20. The van der Waals surface area contributed by atoms with E-state index in [1.54, 1.807) is 0 Å². The van der Waals surface area contributed by atoms with Crippen molar-refractivity contribution in [1.29, 1.82) is 0 Å². The molecule has 2 rings (SSSR count). The largest absolute Gasteiger partial charge is 0.477 e. The number of hydrogen-bond acceptors (Lipinski definition) is 3. The van der Waals surface area contributed by atoms with Gasteiger partial charge in [-0.2, -0.15) is 0 Å². The maximum Gasteiger partial charge on any atom is 0.352 e. The van der Waals surface area contributed by atoms with Gasteiger partial charge in [-0.05, 0) is 18.9 Å². The SMILES string of the molecule is O=C(O)c1cc(Cl)cn1C1CCCS(=O)(=O)C1. The van der Waals surface area contributed by atoms with Crippen molar-refractivity contribution in [2.24, 2.45) is 0 Å². The van der Waals surface area contributed by atoms with Gasteiger partial charge in [-0.25, -0.2) is 13.2 Å². The molecular formula is C10H12ClNO4S. The molecule has 5 nitrogen and oxygen atoms in total. The van der Waals surface area contributed by atoms with Crippen molar-refractivity contribution in [2.45, 2.75) is 18.9 Å². The van der Waals surface area contributed by atoms with Crippen LogP contribution in [0.4, 0.5) is 0 Å².